The van der Waals surface area contributed by atoms with Crippen molar-refractivity contribution >= 4 is 34.4 Å². The summed E-state index contributed by atoms with van der Waals surface area (Å²) >= 11 is 6.51. The van der Waals surface area contributed by atoms with Crippen molar-refractivity contribution in [3.8, 4) is 6.01 Å². The van der Waals surface area contributed by atoms with Gasteiger partial charge in [0.15, 0.2) is 11.5 Å². The molecule has 0 unspecified atom stereocenters. The fraction of sp³-hybridized carbons (Fsp3) is 0.444. The van der Waals surface area contributed by atoms with Crippen molar-refractivity contribution in [2.45, 2.75) is 13.5 Å². The van der Waals surface area contributed by atoms with Gasteiger partial charge < -0.3 is 25.3 Å². The van der Waals surface area contributed by atoms with Crippen LogP contribution in [-0.2, 0) is 6.54 Å². The highest BCUT2D eigenvalue weighted by Gasteiger charge is 2.19. The van der Waals surface area contributed by atoms with Crippen molar-refractivity contribution in [1.29, 1.82) is 0 Å². The number of nitrogens with zero attached hydrogens (tertiary/aromatic N) is 6. The topological polar surface area (TPSA) is 118 Å². The Bertz CT molecular complexity index is 1090. The van der Waals surface area contributed by atoms with Crippen molar-refractivity contribution in [1.82, 2.24) is 29.4 Å². The van der Waals surface area contributed by atoms with Crippen LogP contribution in [0.5, 0.6) is 6.01 Å². The van der Waals surface area contributed by atoms with Crippen LogP contribution in [0.3, 0.4) is 0 Å². The molecule has 0 aromatic carbocycles. The number of piperazine rings is 1. The standard InChI is InChI=1S/C18H23ClN8O2/c1-3-29-17-23-14(20)13-16(24-17)27(18(28)22-13)10-11-8-12(19)15(21-9-11)26-6-4-25(2)5-7-26/h8-9H,3-7,10H2,1-2H3,(H,22,28)(H2,20,23,24). The number of aromatic nitrogens is 5. The van der Waals surface area contributed by atoms with E-state index in [0.717, 1.165) is 37.6 Å². The van der Waals surface area contributed by atoms with Gasteiger partial charge in [-0.15, -0.1) is 0 Å². The number of H-pyrrole nitrogens is 1. The van der Waals surface area contributed by atoms with Gasteiger partial charge >= 0.3 is 11.7 Å². The first-order valence-corrected chi connectivity index (χ1v) is 9.80. The van der Waals surface area contributed by atoms with Crippen LogP contribution in [0, 0.1) is 0 Å². The molecule has 29 heavy (non-hydrogen) atoms. The molecule has 154 valence electrons. The van der Waals surface area contributed by atoms with Gasteiger partial charge in [0.1, 0.15) is 11.3 Å². The number of hydrogen-bond donors (Lipinski definition) is 2. The Hall–Kier alpha value is -2.85. The zero-order valence-corrected chi connectivity index (χ0v) is 17.1. The zero-order valence-electron chi connectivity index (χ0n) is 16.4. The molecule has 0 spiro atoms. The number of pyridine rings is 1. The largest absolute Gasteiger partial charge is 0.464 e. The minimum Gasteiger partial charge on any atom is -0.464 e. The monoisotopic (exact) mass is 418 g/mol. The summed E-state index contributed by atoms with van der Waals surface area (Å²) in [4.78, 5) is 32.5. The fourth-order valence-electron chi connectivity index (χ4n) is 3.36. The highest BCUT2D eigenvalue weighted by Crippen LogP contribution is 2.26. The lowest BCUT2D eigenvalue weighted by molar-refractivity contribution is 0.312. The third-order valence-corrected chi connectivity index (χ3v) is 5.20. The molecule has 4 heterocycles. The SMILES string of the molecule is CCOc1nc(N)c2[nH]c(=O)n(Cc3cnc(N4CCN(C)CC4)c(Cl)c3)c2n1. The molecule has 3 N–H and O–H groups in total. The first-order valence-electron chi connectivity index (χ1n) is 9.43. The lowest BCUT2D eigenvalue weighted by Gasteiger charge is -2.33. The first-order chi connectivity index (χ1) is 14.0. The molecular formula is C18H23ClN8O2. The number of nitrogen functional groups attached to an aromatic ring is 1. The van der Waals surface area contributed by atoms with Crippen molar-refractivity contribution in [2.75, 3.05) is 50.5 Å². The van der Waals surface area contributed by atoms with Crippen LogP contribution in [0.1, 0.15) is 12.5 Å². The number of halogens is 1. The van der Waals surface area contributed by atoms with Gasteiger partial charge in [0, 0.05) is 32.4 Å². The molecule has 0 bridgehead atoms. The molecule has 0 amide bonds. The smallest absolute Gasteiger partial charge is 0.328 e. The predicted octanol–water partition coefficient (Wildman–Crippen LogP) is 0.949. The predicted molar refractivity (Wildman–Crippen MR) is 112 cm³/mol. The van der Waals surface area contributed by atoms with Gasteiger partial charge in [-0.05, 0) is 25.6 Å². The molecule has 1 aliphatic rings. The van der Waals surface area contributed by atoms with Gasteiger partial charge in [0.05, 0.1) is 18.2 Å². The van der Waals surface area contributed by atoms with E-state index in [4.69, 9.17) is 22.1 Å². The molecule has 0 radical (unpaired) electrons. The molecule has 0 atom stereocenters. The second-order valence-corrected chi connectivity index (χ2v) is 7.39. The Labute approximate surface area is 172 Å². The highest BCUT2D eigenvalue weighted by molar-refractivity contribution is 6.33. The summed E-state index contributed by atoms with van der Waals surface area (Å²) in [5.74, 6) is 0.927. The quantitative estimate of drug-likeness (QED) is 0.628. The van der Waals surface area contributed by atoms with Crippen molar-refractivity contribution in [2.24, 2.45) is 0 Å². The summed E-state index contributed by atoms with van der Waals surface area (Å²) < 4.78 is 6.82. The molecule has 10 nitrogen and oxygen atoms in total. The van der Waals surface area contributed by atoms with Crippen LogP contribution in [0.2, 0.25) is 5.02 Å². The molecule has 3 aromatic rings. The molecule has 0 saturated carbocycles. The van der Waals surface area contributed by atoms with E-state index in [1.807, 2.05) is 13.0 Å². The maximum Gasteiger partial charge on any atom is 0.328 e. The molecular weight excluding hydrogens is 396 g/mol. The molecule has 0 aliphatic carbocycles. The Morgan fingerprint density at radius 2 is 2.03 bits per heavy atom. The van der Waals surface area contributed by atoms with Gasteiger partial charge in [0.2, 0.25) is 0 Å². The fourth-order valence-corrected chi connectivity index (χ4v) is 3.67. The van der Waals surface area contributed by atoms with E-state index >= 15 is 0 Å². The van der Waals surface area contributed by atoms with Crippen molar-refractivity contribution in [3.05, 3.63) is 33.3 Å². The number of anilines is 2. The van der Waals surface area contributed by atoms with Gasteiger partial charge in [-0.3, -0.25) is 4.57 Å². The number of likely N-dealkylation sites (N-methyl/N-ethyl adjacent to an activating group) is 1. The molecule has 3 aromatic heterocycles. The maximum atomic E-state index is 12.5. The van der Waals surface area contributed by atoms with E-state index < -0.39 is 0 Å². The number of hydrogen-bond acceptors (Lipinski definition) is 8. The summed E-state index contributed by atoms with van der Waals surface area (Å²) in [6.45, 7) is 6.15. The number of imidazole rings is 1. The maximum absolute atomic E-state index is 12.5. The zero-order chi connectivity index (χ0) is 20.5. The summed E-state index contributed by atoms with van der Waals surface area (Å²) in [5.41, 5.74) is 7.15. The van der Waals surface area contributed by atoms with Crippen LogP contribution in [-0.4, -0.2) is 69.2 Å². The van der Waals surface area contributed by atoms with E-state index in [1.54, 1.807) is 6.20 Å². The molecule has 4 rings (SSSR count). The average molecular weight is 419 g/mol. The summed E-state index contributed by atoms with van der Waals surface area (Å²) in [6.07, 6.45) is 1.73. The Morgan fingerprint density at radius 1 is 1.28 bits per heavy atom. The third-order valence-electron chi connectivity index (χ3n) is 4.93. The summed E-state index contributed by atoms with van der Waals surface area (Å²) in [5, 5.41) is 0.559. The Kier molecular flexibility index (Phi) is 5.29. The number of nitrogens with one attached hydrogen (secondary N) is 1. The molecule has 11 heteroatoms. The van der Waals surface area contributed by atoms with Crippen LogP contribution >= 0.6 is 11.6 Å². The minimum atomic E-state index is -0.339. The normalized spacial score (nSPS) is 15.2. The summed E-state index contributed by atoms with van der Waals surface area (Å²) in [6, 6.07) is 1.97. The van der Waals surface area contributed by atoms with E-state index in [9.17, 15) is 4.79 Å². The van der Waals surface area contributed by atoms with Crippen LogP contribution in [0.25, 0.3) is 11.2 Å². The second-order valence-electron chi connectivity index (χ2n) is 6.98. The minimum absolute atomic E-state index is 0.131. The van der Waals surface area contributed by atoms with Gasteiger partial charge in [0.25, 0.3) is 0 Å². The molecule has 1 aliphatic heterocycles. The van der Waals surface area contributed by atoms with E-state index in [2.05, 4.69) is 36.8 Å². The first kappa shape index (κ1) is 19.5. The Balaban J connectivity index is 1.64. The van der Waals surface area contributed by atoms with Crippen LogP contribution < -0.4 is 21.1 Å². The van der Waals surface area contributed by atoms with Gasteiger partial charge in [-0.1, -0.05) is 11.6 Å². The van der Waals surface area contributed by atoms with Crippen LogP contribution in [0.15, 0.2) is 17.1 Å². The van der Waals surface area contributed by atoms with E-state index in [1.165, 1.54) is 4.57 Å². The van der Waals surface area contributed by atoms with Gasteiger partial charge in [-0.2, -0.15) is 9.97 Å². The number of fused-ring (bicyclic) bond motifs is 1. The van der Waals surface area contributed by atoms with E-state index in [0.29, 0.717) is 22.8 Å². The number of rotatable bonds is 5. The Morgan fingerprint density at radius 3 is 2.72 bits per heavy atom. The van der Waals surface area contributed by atoms with Crippen molar-refractivity contribution < 1.29 is 4.74 Å². The van der Waals surface area contributed by atoms with Gasteiger partial charge in [-0.25, -0.2) is 9.78 Å². The van der Waals surface area contributed by atoms with Crippen molar-refractivity contribution in [3.63, 3.8) is 0 Å². The second kappa shape index (κ2) is 7.88. The lowest BCUT2D eigenvalue weighted by Crippen LogP contribution is -2.44. The third kappa shape index (κ3) is 3.85. The average Bonchev–Trinajstić information content (AvgIpc) is 3.00. The highest BCUT2D eigenvalue weighted by atomic mass is 35.5. The van der Waals surface area contributed by atoms with E-state index in [-0.39, 0.29) is 24.1 Å². The summed E-state index contributed by atoms with van der Waals surface area (Å²) in [7, 11) is 2.10. The molecule has 1 fully saturated rings. The van der Waals surface area contributed by atoms with Crippen LogP contribution in [0.4, 0.5) is 11.6 Å². The lowest BCUT2D eigenvalue weighted by atomic mass is 10.2. The number of ether oxygens (including phenoxy) is 1. The number of nitrogens with two attached hydrogens (primary N) is 1. The molecule has 1 saturated heterocycles. The number of aromatic amines is 1.